The minimum atomic E-state index is 1.10. The normalized spacial score (nSPS) is 42.2. The lowest BCUT2D eigenvalue weighted by molar-refractivity contribution is 0.101. The highest BCUT2D eigenvalue weighted by molar-refractivity contribution is 4.84. The molecular weight excluding hydrogens is 144 g/mol. The van der Waals surface area contributed by atoms with Crippen LogP contribution in [0.5, 0.6) is 0 Å². The zero-order valence-electron chi connectivity index (χ0n) is 8.39. The number of fused-ring (bicyclic) bond motifs is 1. The lowest BCUT2D eigenvalue weighted by atomic mass is 9.65. The summed E-state index contributed by atoms with van der Waals surface area (Å²) in [4.78, 5) is 0. The Hall–Kier alpha value is 0. The molecule has 0 heteroatoms. The Morgan fingerprint density at radius 3 is 2.50 bits per heavy atom. The van der Waals surface area contributed by atoms with Crippen LogP contribution < -0.4 is 0 Å². The van der Waals surface area contributed by atoms with Crippen LogP contribution in [0.1, 0.15) is 58.3 Å². The average Bonchev–Trinajstić information content (AvgIpc) is 2.17. The highest BCUT2D eigenvalue weighted by atomic mass is 14.4. The van der Waals surface area contributed by atoms with Crippen molar-refractivity contribution in [2.24, 2.45) is 17.8 Å². The first-order chi connectivity index (χ1) is 5.92. The summed E-state index contributed by atoms with van der Waals surface area (Å²) >= 11 is 0. The van der Waals surface area contributed by atoms with Gasteiger partial charge in [0.25, 0.3) is 0 Å². The quantitative estimate of drug-likeness (QED) is 0.552. The molecule has 1 unspecified atom stereocenters. The summed E-state index contributed by atoms with van der Waals surface area (Å²) in [7, 11) is 0. The van der Waals surface area contributed by atoms with Gasteiger partial charge in [-0.15, -0.1) is 0 Å². The zero-order valence-corrected chi connectivity index (χ0v) is 8.39. The van der Waals surface area contributed by atoms with Crippen molar-refractivity contribution in [2.75, 3.05) is 0 Å². The standard InChI is InChI=1S/C12H22/c1-2-10-7-5-8-11-6-3-4-9-12(10)11/h10-12H,2-9H2,1H3/t10?,11-,12+/m0/s1. The third kappa shape index (κ3) is 1.53. The summed E-state index contributed by atoms with van der Waals surface area (Å²) in [5.74, 6) is 3.37. The molecule has 0 aliphatic heterocycles. The van der Waals surface area contributed by atoms with E-state index in [2.05, 4.69) is 6.92 Å². The Morgan fingerprint density at radius 1 is 0.917 bits per heavy atom. The molecule has 0 N–H and O–H groups in total. The Balaban J connectivity index is 1.99. The summed E-state index contributed by atoms with van der Waals surface area (Å²) < 4.78 is 0. The molecule has 2 aliphatic carbocycles. The molecule has 70 valence electrons. The van der Waals surface area contributed by atoms with Crippen molar-refractivity contribution in [3.8, 4) is 0 Å². The van der Waals surface area contributed by atoms with Crippen molar-refractivity contribution < 1.29 is 0 Å². The monoisotopic (exact) mass is 166 g/mol. The maximum atomic E-state index is 2.39. The van der Waals surface area contributed by atoms with Gasteiger partial charge in [-0.3, -0.25) is 0 Å². The van der Waals surface area contributed by atoms with Gasteiger partial charge >= 0.3 is 0 Å². The molecule has 0 aromatic carbocycles. The molecule has 0 aromatic heterocycles. The average molecular weight is 166 g/mol. The minimum absolute atomic E-state index is 1.10. The number of hydrogen-bond acceptors (Lipinski definition) is 0. The van der Waals surface area contributed by atoms with Gasteiger partial charge in [0.15, 0.2) is 0 Å². The second-order valence-corrected chi connectivity index (χ2v) is 4.81. The van der Waals surface area contributed by atoms with Crippen LogP contribution in [0, 0.1) is 17.8 Å². The lowest BCUT2D eigenvalue weighted by Crippen LogP contribution is -2.30. The van der Waals surface area contributed by atoms with Crippen LogP contribution in [0.4, 0.5) is 0 Å². The summed E-state index contributed by atoms with van der Waals surface area (Å²) in [5, 5.41) is 0. The van der Waals surface area contributed by atoms with Gasteiger partial charge in [-0.1, -0.05) is 51.9 Å². The SMILES string of the molecule is CCC1CCC[C@@H]2CCCC[C@H]12. The summed E-state index contributed by atoms with van der Waals surface area (Å²) in [6.07, 6.45) is 12.2. The molecule has 0 radical (unpaired) electrons. The van der Waals surface area contributed by atoms with Gasteiger partial charge < -0.3 is 0 Å². The van der Waals surface area contributed by atoms with E-state index < -0.39 is 0 Å². The van der Waals surface area contributed by atoms with E-state index in [1.165, 1.54) is 32.1 Å². The predicted molar refractivity (Wildman–Crippen MR) is 53.1 cm³/mol. The van der Waals surface area contributed by atoms with Gasteiger partial charge in [0.05, 0.1) is 0 Å². The fourth-order valence-electron chi connectivity index (χ4n) is 3.58. The fourth-order valence-corrected chi connectivity index (χ4v) is 3.58. The molecular formula is C12H22. The van der Waals surface area contributed by atoms with Crippen LogP contribution >= 0.6 is 0 Å². The molecule has 12 heavy (non-hydrogen) atoms. The van der Waals surface area contributed by atoms with Crippen LogP contribution in [0.25, 0.3) is 0 Å². The van der Waals surface area contributed by atoms with Crippen LogP contribution in [-0.4, -0.2) is 0 Å². The van der Waals surface area contributed by atoms with Crippen molar-refractivity contribution >= 4 is 0 Å². The third-order valence-corrected chi connectivity index (χ3v) is 4.25. The molecule has 0 heterocycles. The Labute approximate surface area is 76.7 Å². The second kappa shape index (κ2) is 3.81. The van der Waals surface area contributed by atoms with Crippen molar-refractivity contribution in [3.63, 3.8) is 0 Å². The van der Waals surface area contributed by atoms with E-state index in [1.54, 1.807) is 19.3 Å². The van der Waals surface area contributed by atoms with E-state index in [0.717, 1.165) is 17.8 Å². The van der Waals surface area contributed by atoms with Crippen LogP contribution in [0.2, 0.25) is 0 Å². The first-order valence-electron chi connectivity index (χ1n) is 5.92. The molecule has 0 saturated heterocycles. The molecule has 0 amide bonds. The van der Waals surface area contributed by atoms with E-state index in [0.29, 0.717) is 0 Å². The maximum absolute atomic E-state index is 2.39. The maximum Gasteiger partial charge on any atom is -0.0358 e. The number of hydrogen-bond donors (Lipinski definition) is 0. The van der Waals surface area contributed by atoms with E-state index >= 15 is 0 Å². The van der Waals surface area contributed by atoms with Gasteiger partial charge in [0.2, 0.25) is 0 Å². The van der Waals surface area contributed by atoms with Gasteiger partial charge in [-0.2, -0.15) is 0 Å². The molecule has 2 saturated carbocycles. The van der Waals surface area contributed by atoms with Crippen LogP contribution in [0.3, 0.4) is 0 Å². The fraction of sp³-hybridized carbons (Fsp3) is 1.00. The topological polar surface area (TPSA) is 0 Å². The van der Waals surface area contributed by atoms with Crippen LogP contribution in [0.15, 0.2) is 0 Å². The predicted octanol–water partition coefficient (Wildman–Crippen LogP) is 4.00. The molecule has 2 aliphatic rings. The Kier molecular flexibility index (Phi) is 2.73. The lowest BCUT2D eigenvalue weighted by Gasteiger charge is -2.41. The van der Waals surface area contributed by atoms with E-state index in [-0.39, 0.29) is 0 Å². The van der Waals surface area contributed by atoms with Crippen LogP contribution in [-0.2, 0) is 0 Å². The summed E-state index contributed by atoms with van der Waals surface area (Å²) in [6, 6.07) is 0. The first kappa shape index (κ1) is 8.59. The van der Waals surface area contributed by atoms with E-state index in [9.17, 15) is 0 Å². The smallest absolute Gasteiger partial charge is 0.0358 e. The van der Waals surface area contributed by atoms with Gasteiger partial charge in [0.1, 0.15) is 0 Å². The van der Waals surface area contributed by atoms with Crippen molar-refractivity contribution in [3.05, 3.63) is 0 Å². The van der Waals surface area contributed by atoms with Crippen molar-refractivity contribution in [2.45, 2.75) is 58.3 Å². The third-order valence-electron chi connectivity index (χ3n) is 4.25. The van der Waals surface area contributed by atoms with Gasteiger partial charge in [-0.05, 0) is 24.2 Å². The Morgan fingerprint density at radius 2 is 1.67 bits per heavy atom. The highest BCUT2D eigenvalue weighted by Gasteiger charge is 2.33. The molecule has 2 rings (SSSR count). The van der Waals surface area contributed by atoms with Crippen molar-refractivity contribution in [1.29, 1.82) is 0 Å². The minimum Gasteiger partial charge on any atom is -0.0651 e. The zero-order chi connectivity index (χ0) is 8.39. The van der Waals surface area contributed by atoms with Crippen molar-refractivity contribution in [1.82, 2.24) is 0 Å². The molecule has 2 fully saturated rings. The molecule has 0 nitrogen and oxygen atoms in total. The second-order valence-electron chi connectivity index (χ2n) is 4.81. The Bertz CT molecular complexity index is 130. The molecule has 0 aromatic rings. The van der Waals surface area contributed by atoms with E-state index in [1.807, 2.05) is 0 Å². The summed E-state index contributed by atoms with van der Waals surface area (Å²) in [5.41, 5.74) is 0. The van der Waals surface area contributed by atoms with Gasteiger partial charge in [-0.25, -0.2) is 0 Å². The highest BCUT2D eigenvalue weighted by Crippen LogP contribution is 2.44. The first-order valence-corrected chi connectivity index (χ1v) is 5.92. The van der Waals surface area contributed by atoms with E-state index in [4.69, 9.17) is 0 Å². The molecule has 3 atom stereocenters. The molecule has 0 bridgehead atoms. The number of rotatable bonds is 1. The largest absolute Gasteiger partial charge is 0.0651 e. The van der Waals surface area contributed by atoms with Gasteiger partial charge in [0, 0.05) is 0 Å². The summed E-state index contributed by atoms with van der Waals surface area (Å²) in [6.45, 7) is 2.39. The molecule has 0 spiro atoms.